The summed E-state index contributed by atoms with van der Waals surface area (Å²) in [6.45, 7) is 9.09. The number of anilines is 1. The van der Waals surface area contributed by atoms with E-state index >= 15 is 0 Å². The number of benzene rings is 3. The van der Waals surface area contributed by atoms with Crippen LogP contribution in [-0.2, 0) is 13.2 Å². The highest BCUT2D eigenvalue weighted by molar-refractivity contribution is 6.31. The zero-order valence-electron chi connectivity index (χ0n) is 20.5. The van der Waals surface area contributed by atoms with E-state index in [-0.39, 0.29) is 5.91 Å². The first-order chi connectivity index (χ1) is 16.8. The molecule has 3 aromatic carbocycles. The number of halogens is 1. The second-order valence-corrected chi connectivity index (χ2v) is 9.37. The van der Waals surface area contributed by atoms with Crippen LogP contribution in [0.3, 0.4) is 0 Å². The molecule has 35 heavy (non-hydrogen) atoms. The minimum Gasteiger partial charge on any atom is -0.489 e. The Bertz CT molecular complexity index is 1330. The molecule has 0 saturated carbocycles. The van der Waals surface area contributed by atoms with E-state index in [0.29, 0.717) is 35.3 Å². The highest BCUT2D eigenvalue weighted by atomic mass is 35.5. The molecule has 1 N–H and O–H groups in total. The van der Waals surface area contributed by atoms with E-state index in [2.05, 4.69) is 36.4 Å². The number of hydrogen-bond donors (Lipinski definition) is 1. The van der Waals surface area contributed by atoms with Crippen LogP contribution in [-0.4, -0.2) is 15.7 Å². The average molecular weight is 488 g/mol. The van der Waals surface area contributed by atoms with Crippen molar-refractivity contribution in [3.05, 3.63) is 111 Å². The van der Waals surface area contributed by atoms with Gasteiger partial charge in [0.25, 0.3) is 5.91 Å². The summed E-state index contributed by atoms with van der Waals surface area (Å²) in [6, 6.07) is 23.3. The first-order valence-corrected chi connectivity index (χ1v) is 12.1. The number of carbonyl (C=O) groups excluding carboxylic acids is 1. The van der Waals surface area contributed by atoms with Crippen molar-refractivity contribution in [1.29, 1.82) is 0 Å². The topological polar surface area (TPSA) is 56.2 Å². The van der Waals surface area contributed by atoms with Crippen LogP contribution in [0.4, 0.5) is 5.69 Å². The van der Waals surface area contributed by atoms with E-state index < -0.39 is 0 Å². The van der Waals surface area contributed by atoms with E-state index in [9.17, 15) is 4.79 Å². The second kappa shape index (κ2) is 10.8. The third kappa shape index (κ3) is 5.92. The number of amides is 1. The van der Waals surface area contributed by atoms with Crippen LogP contribution in [0.1, 0.15) is 58.2 Å². The van der Waals surface area contributed by atoms with Crippen LogP contribution in [0.5, 0.6) is 5.75 Å². The molecule has 1 amide bonds. The summed E-state index contributed by atoms with van der Waals surface area (Å²) in [5, 5.41) is 8.35. The van der Waals surface area contributed by atoms with Gasteiger partial charge in [0.15, 0.2) is 0 Å². The maximum Gasteiger partial charge on any atom is 0.255 e. The maximum absolute atomic E-state index is 13.1. The number of ether oxygens (including phenoxy) is 1. The normalized spacial score (nSPS) is 11.0. The summed E-state index contributed by atoms with van der Waals surface area (Å²) in [5.41, 5.74) is 6.09. The average Bonchev–Trinajstić information content (AvgIpc) is 3.12. The number of rotatable bonds is 8. The Kier molecular flexibility index (Phi) is 7.57. The fourth-order valence-corrected chi connectivity index (χ4v) is 4.12. The molecule has 1 aromatic heterocycles. The molecule has 0 bridgehead atoms. The van der Waals surface area contributed by atoms with Crippen molar-refractivity contribution in [1.82, 2.24) is 9.78 Å². The Hall–Kier alpha value is -3.57. The van der Waals surface area contributed by atoms with Gasteiger partial charge in [0, 0.05) is 10.6 Å². The summed E-state index contributed by atoms with van der Waals surface area (Å²) in [5.74, 6) is 1.10. The number of hydrogen-bond acceptors (Lipinski definition) is 3. The number of aromatic nitrogens is 2. The summed E-state index contributed by atoms with van der Waals surface area (Å²) in [7, 11) is 0. The molecule has 0 aliphatic heterocycles. The lowest BCUT2D eigenvalue weighted by atomic mass is 10.0. The second-order valence-electron chi connectivity index (χ2n) is 8.96. The molecule has 4 rings (SSSR count). The fourth-order valence-electron chi connectivity index (χ4n) is 3.92. The maximum atomic E-state index is 13.1. The molecular formula is C29H30ClN3O2. The van der Waals surface area contributed by atoms with E-state index in [1.807, 2.05) is 73.1 Å². The van der Waals surface area contributed by atoms with Crippen molar-refractivity contribution in [2.45, 2.75) is 46.8 Å². The third-order valence-electron chi connectivity index (χ3n) is 6.04. The van der Waals surface area contributed by atoms with Crippen LogP contribution in [0.25, 0.3) is 0 Å². The number of aryl methyl sites for hydroxylation is 1. The largest absolute Gasteiger partial charge is 0.489 e. The molecule has 0 saturated heterocycles. The molecule has 0 radical (unpaired) electrons. The van der Waals surface area contributed by atoms with Gasteiger partial charge >= 0.3 is 0 Å². The number of nitrogens with zero attached hydrogens (tertiary/aromatic N) is 2. The highest BCUT2D eigenvalue weighted by Crippen LogP contribution is 2.24. The van der Waals surface area contributed by atoms with Crippen molar-refractivity contribution in [2.75, 3.05) is 5.32 Å². The van der Waals surface area contributed by atoms with Gasteiger partial charge in [-0.25, -0.2) is 0 Å². The smallest absolute Gasteiger partial charge is 0.255 e. The summed E-state index contributed by atoms with van der Waals surface area (Å²) in [6.07, 6.45) is 0. The predicted octanol–water partition coefficient (Wildman–Crippen LogP) is 7.16. The molecule has 0 aliphatic carbocycles. The minimum absolute atomic E-state index is 0.184. The molecule has 0 unspecified atom stereocenters. The Morgan fingerprint density at radius 1 is 1.03 bits per heavy atom. The van der Waals surface area contributed by atoms with Gasteiger partial charge in [-0.15, -0.1) is 0 Å². The van der Waals surface area contributed by atoms with E-state index in [0.717, 1.165) is 28.3 Å². The van der Waals surface area contributed by atoms with Gasteiger partial charge in [0.2, 0.25) is 0 Å². The Labute approximate surface area is 211 Å². The van der Waals surface area contributed by atoms with Gasteiger partial charge in [-0.3, -0.25) is 9.48 Å². The van der Waals surface area contributed by atoms with Crippen LogP contribution < -0.4 is 10.1 Å². The van der Waals surface area contributed by atoms with Crippen LogP contribution in [0.2, 0.25) is 5.02 Å². The van der Waals surface area contributed by atoms with Crippen molar-refractivity contribution in [2.24, 2.45) is 0 Å². The summed E-state index contributed by atoms with van der Waals surface area (Å²) >= 11 is 6.32. The zero-order valence-corrected chi connectivity index (χ0v) is 21.3. The molecule has 5 nitrogen and oxygen atoms in total. The van der Waals surface area contributed by atoms with Gasteiger partial charge in [0.05, 0.1) is 23.6 Å². The standard InChI is InChI=1S/C29H30ClN3O2/c1-19(2)23-12-14-26(15-13-23)35-18-22-8-7-10-24(16-22)29(34)31-28-20(3)32-33(21(28)4)17-25-9-5-6-11-27(25)30/h5-16,19H,17-18H2,1-4H3,(H,31,34). The third-order valence-corrected chi connectivity index (χ3v) is 6.41. The molecule has 0 fully saturated rings. The van der Waals surface area contributed by atoms with Crippen LogP contribution in [0.15, 0.2) is 72.8 Å². The van der Waals surface area contributed by atoms with Gasteiger partial charge in [-0.2, -0.15) is 5.10 Å². The fraction of sp³-hybridized carbons (Fsp3) is 0.241. The molecular weight excluding hydrogens is 458 g/mol. The number of nitrogens with one attached hydrogen (secondary N) is 1. The minimum atomic E-state index is -0.184. The zero-order chi connectivity index (χ0) is 24.9. The van der Waals surface area contributed by atoms with Crippen molar-refractivity contribution in [3.63, 3.8) is 0 Å². The van der Waals surface area contributed by atoms with Gasteiger partial charge in [-0.05, 0) is 66.8 Å². The Morgan fingerprint density at radius 2 is 1.77 bits per heavy atom. The lowest BCUT2D eigenvalue weighted by Crippen LogP contribution is -2.14. The first-order valence-electron chi connectivity index (χ1n) is 11.7. The van der Waals surface area contributed by atoms with Crippen LogP contribution in [0, 0.1) is 13.8 Å². The van der Waals surface area contributed by atoms with Crippen LogP contribution >= 0.6 is 11.6 Å². The van der Waals surface area contributed by atoms with Gasteiger partial charge < -0.3 is 10.1 Å². The molecule has 180 valence electrons. The predicted molar refractivity (Wildman–Crippen MR) is 142 cm³/mol. The first kappa shape index (κ1) is 24.6. The molecule has 0 spiro atoms. The lowest BCUT2D eigenvalue weighted by molar-refractivity contribution is 0.102. The van der Waals surface area contributed by atoms with Gasteiger partial charge in [-0.1, -0.05) is 67.9 Å². The quantitative estimate of drug-likeness (QED) is 0.287. The number of carbonyl (C=O) groups is 1. The molecule has 1 heterocycles. The summed E-state index contributed by atoms with van der Waals surface area (Å²) < 4.78 is 7.79. The molecule has 6 heteroatoms. The Morgan fingerprint density at radius 3 is 2.49 bits per heavy atom. The van der Waals surface area contributed by atoms with Gasteiger partial charge in [0.1, 0.15) is 12.4 Å². The van der Waals surface area contributed by atoms with Crippen molar-refractivity contribution >= 4 is 23.2 Å². The molecule has 4 aromatic rings. The van der Waals surface area contributed by atoms with Crippen molar-refractivity contribution in [3.8, 4) is 5.75 Å². The Balaban J connectivity index is 1.43. The highest BCUT2D eigenvalue weighted by Gasteiger charge is 2.16. The molecule has 0 aliphatic rings. The lowest BCUT2D eigenvalue weighted by Gasteiger charge is -2.11. The van der Waals surface area contributed by atoms with Crippen molar-refractivity contribution < 1.29 is 9.53 Å². The van der Waals surface area contributed by atoms with E-state index in [4.69, 9.17) is 16.3 Å². The van der Waals surface area contributed by atoms with E-state index in [1.165, 1.54) is 5.56 Å². The van der Waals surface area contributed by atoms with E-state index in [1.54, 1.807) is 6.07 Å². The monoisotopic (exact) mass is 487 g/mol. The molecule has 0 atom stereocenters. The SMILES string of the molecule is Cc1nn(Cc2ccccc2Cl)c(C)c1NC(=O)c1cccc(COc2ccc(C(C)C)cc2)c1. The summed E-state index contributed by atoms with van der Waals surface area (Å²) in [4.78, 5) is 13.1.